The number of rotatable bonds is 9. The van der Waals surface area contributed by atoms with Crippen LogP contribution in [0.25, 0.3) is 0 Å². The quantitative estimate of drug-likeness (QED) is 0.670. The SMILES string of the molecule is CCCNCCCS(=O)(=O)NC(C)c1ccc(Cl)cc1Cl. The van der Waals surface area contributed by atoms with Crippen molar-refractivity contribution in [3.05, 3.63) is 33.8 Å². The first-order chi connectivity index (χ1) is 9.85. The van der Waals surface area contributed by atoms with E-state index in [4.69, 9.17) is 23.2 Å². The van der Waals surface area contributed by atoms with Crippen molar-refractivity contribution in [2.24, 2.45) is 0 Å². The van der Waals surface area contributed by atoms with Crippen LogP contribution in [0, 0.1) is 0 Å². The number of benzene rings is 1. The second-order valence-electron chi connectivity index (χ2n) is 4.93. The van der Waals surface area contributed by atoms with Gasteiger partial charge in [-0.05, 0) is 50.6 Å². The molecule has 0 aliphatic carbocycles. The zero-order valence-corrected chi connectivity index (χ0v) is 14.7. The summed E-state index contributed by atoms with van der Waals surface area (Å²) in [5.41, 5.74) is 0.716. The van der Waals surface area contributed by atoms with Gasteiger partial charge in [0.2, 0.25) is 10.0 Å². The molecule has 4 nitrogen and oxygen atoms in total. The monoisotopic (exact) mass is 352 g/mol. The fourth-order valence-corrected chi connectivity index (χ4v) is 3.81. The Morgan fingerprint density at radius 2 is 1.95 bits per heavy atom. The number of halogens is 2. The van der Waals surface area contributed by atoms with E-state index in [1.165, 1.54) is 0 Å². The van der Waals surface area contributed by atoms with Gasteiger partial charge in [-0.3, -0.25) is 0 Å². The van der Waals surface area contributed by atoms with Gasteiger partial charge < -0.3 is 5.32 Å². The summed E-state index contributed by atoms with van der Waals surface area (Å²) in [5.74, 6) is 0.0965. The maximum Gasteiger partial charge on any atom is 0.212 e. The van der Waals surface area contributed by atoms with Crippen molar-refractivity contribution >= 4 is 33.2 Å². The Kier molecular flexibility index (Phi) is 7.98. The first-order valence-corrected chi connectivity index (χ1v) is 9.42. The van der Waals surface area contributed by atoms with Crippen LogP contribution in [0.2, 0.25) is 10.0 Å². The smallest absolute Gasteiger partial charge is 0.212 e. The van der Waals surface area contributed by atoms with E-state index in [0.717, 1.165) is 13.0 Å². The Bertz CT molecular complexity index is 550. The molecule has 0 aliphatic rings. The highest BCUT2D eigenvalue weighted by atomic mass is 35.5. The molecule has 0 bridgehead atoms. The van der Waals surface area contributed by atoms with Gasteiger partial charge in [-0.15, -0.1) is 0 Å². The minimum atomic E-state index is -3.32. The van der Waals surface area contributed by atoms with E-state index >= 15 is 0 Å². The van der Waals surface area contributed by atoms with E-state index in [1.807, 2.05) is 0 Å². The van der Waals surface area contributed by atoms with Crippen LogP contribution in [-0.4, -0.2) is 27.3 Å². The molecule has 0 fully saturated rings. The molecule has 2 N–H and O–H groups in total. The van der Waals surface area contributed by atoms with Crippen LogP contribution in [0.4, 0.5) is 0 Å². The van der Waals surface area contributed by atoms with E-state index in [-0.39, 0.29) is 11.8 Å². The van der Waals surface area contributed by atoms with Crippen LogP contribution in [0.3, 0.4) is 0 Å². The first kappa shape index (κ1) is 18.7. The molecule has 7 heteroatoms. The average molecular weight is 353 g/mol. The van der Waals surface area contributed by atoms with E-state index < -0.39 is 10.0 Å². The summed E-state index contributed by atoms with van der Waals surface area (Å²) in [6.45, 7) is 5.44. The van der Waals surface area contributed by atoms with Crippen molar-refractivity contribution in [2.45, 2.75) is 32.7 Å². The van der Waals surface area contributed by atoms with Gasteiger partial charge >= 0.3 is 0 Å². The third-order valence-corrected chi connectivity index (χ3v) is 5.08. The summed E-state index contributed by atoms with van der Waals surface area (Å²) < 4.78 is 26.7. The summed E-state index contributed by atoms with van der Waals surface area (Å²) in [6.07, 6.45) is 1.62. The molecular formula is C14H22Cl2N2O2S. The minimum Gasteiger partial charge on any atom is -0.317 e. The maximum atomic E-state index is 12.0. The van der Waals surface area contributed by atoms with Gasteiger partial charge in [0, 0.05) is 16.1 Å². The molecule has 21 heavy (non-hydrogen) atoms. The summed E-state index contributed by atoms with van der Waals surface area (Å²) in [7, 11) is -3.32. The zero-order chi connectivity index (χ0) is 15.9. The van der Waals surface area contributed by atoms with Crippen LogP contribution in [-0.2, 0) is 10.0 Å². The number of nitrogens with one attached hydrogen (secondary N) is 2. The van der Waals surface area contributed by atoms with Crippen LogP contribution >= 0.6 is 23.2 Å². The lowest BCUT2D eigenvalue weighted by Gasteiger charge is -2.16. The van der Waals surface area contributed by atoms with Crippen LogP contribution in [0.15, 0.2) is 18.2 Å². The lowest BCUT2D eigenvalue weighted by Crippen LogP contribution is -2.30. The molecule has 1 aromatic rings. The Labute approximate surface area is 137 Å². The predicted octanol–water partition coefficient (Wildman–Crippen LogP) is 3.36. The average Bonchev–Trinajstić information content (AvgIpc) is 2.37. The summed E-state index contributed by atoms with van der Waals surface area (Å²) in [6, 6.07) is 4.66. The Balaban J connectivity index is 2.54. The van der Waals surface area contributed by atoms with Crippen LogP contribution < -0.4 is 10.0 Å². The Morgan fingerprint density at radius 3 is 2.57 bits per heavy atom. The number of sulfonamides is 1. The van der Waals surface area contributed by atoms with Crippen LogP contribution in [0.1, 0.15) is 38.3 Å². The molecule has 1 aromatic carbocycles. The molecule has 1 unspecified atom stereocenters. The Morgan fingerprint density at radius 1 is 1.24 bits per heavy atom. The van der Waals surface area contributed by atoms with Crippen molar-refractivity contribution < 1.29 is 8.42 Å². The second kappa shape index (κ2) is 8.96. The summed E-state index contributed by atoms with van der Waals surface area (Å²) >= 11 is 11.9. The van der Waals surface area contributed by atoms with Crippen molar-refractivity contribution in [3.63, 3.8) is 0 Å². The number of hydrogen-bond acceptors (Lipinski definition) is 3. The van der Waals surface area contributed by atoms with Crippen molar-refractivity contribution in [1.82, 2.24) is 10.0 Å². The highest BCUT2D eigenvalue weighted by Gasteiger charge is 2.17. The molecule has 1 rings (SSSR count). The molecular weight excluding hydrogens is 331 g/mol. The molecule has 0 radical (unpaired) electrons. The van der Waals surface area contributed by atoms with Gasteiger partial charge in [-0.25, -0.2) is 13.1 Å². The largest absolute Gasteiger partial charge is 0.317 e. The zero-order valence-electron chi connectivity index (χ0n) is 12.3. The topological polar surface area (TPSA) is 58.2 Å². The third-order valence-electron chi connectivity index (χ3n) is 2.98. The molecule has 1 atom stereocenters. The molecule has 0 spiro atoms. The Hall–Kier alpha value is -0.330. The first-order valence-electron chi connectivity index (χ1n) is 7.01. The van der Waals surface area contributed by atoms with Gasteiger partial charge in [0.25, 0.3) is 0 Å². The maximum absolute atomic E-state index is 12.0. The highest BCUT2D eigenvalue weighted by molar-refractivity contribution is 7.89. The molecule has 0 heterocycles. The van der Waals surface area contributed by atoms with E-state index in [1.54, 1.807) is 25.1 Å². The molecule has 0 aromatic heterocycles. The van der Waals surface area contributed by atoms with Crippen molar-refractivity contribution in [2.75, 3.05) is 18.8 Å². The molecule has 0 saturated heterocycles. The summed E-state index contributed by atoms with van der Waals surface area (Å²) in [5, 5.41) is 4.17. The minimum absolute atomic E-state index is 0.0965. The van der Waals surface area contributed by atoms with E-state index in [9.17, 15) is 8.42 Å². The fourth-order valence-electron chi connectivity index (χ4n) is 1.93. The lowest BCUT2D eigenvalue weighted by molar-refractivity contribution is 0.561. The van der Waals surface area contributed by atoms with Gasteiger partial charge in [-0.2, -0.15) is 0 Å². The second-order valence-corrected chi connectivity index (χ2v) is 7.64. The predicted molar refractivity (Wildman–Crippen MR) is 89.6 cm³/mol. The van der Waals surface area contributed by atoms with Crippen molar-refractivity contribution in [3.8, 4) is 0 Å². The summed E-state index contributed by atoms with van der Waals surface area (Å²) in [4.78, 5) is 0. The van der Waals surface area contributed by atoms with E-state index in [0.29, 0.717) is 28.6 Å². The normalized spacial score (nSPS) is 13.3. The molecule has 0 saturated carbocycles. The molecule has 0 aliphatic heterocycles. The van der Waals surface area contributed by atoms with Crippen LogP contribution in [0.5, 0.6) is 0 Å². The third kappa shape index (κ3) is 6.98. The van der Waals surface area contributed by atoms with Gasteiger partial charge in [0.05, 0.1) is 5.75 Å². The van der Waals surface area contributed by atoms with Gasteiger partial charge in [0.1, 0.15) is 0 Å². The molecule has 0 amide bonds. The molecule has 120 valence electrons. The van der Waals surface area contributed by atoms with Gasteiger partial charge in [-0.1, -0.05) is 36.2 Å². The standard InChI is InChI=1S/C14H22Cl2N2O2S/c1-3-7-17-8-4-9-21(19,20)18-11(2)13-6-5-12(15)10-14(13)16/h5-6,10-11,17-18H,3-4,7-9H2,1-2H3. The lowest BCUT2D eigenvalue weighted by atomic mass is 10.1. The van der Waals surface area contributed by atoms with Crippen molar-refractivity contribution in [1.29, 1.82) is 0 Å². The van der Waals surface area contributed by atoms with E-state index in [2.05, 4.69) is 17.0 Å². The fraction of sp³-hybridized carbons (Fsp3) is 0.571. The number of hydrogen-bond donors (Lipinski definition) is 2. The van der Waals surface area contributed by atoms with Gasteiger partial charge in [0.15, 0.2) is 0 Å². The highest BCUT2D eigenvalue weighted by Crippen LogP contribution is 2.26.